The fraction of sp³-hybridized carbons (Fsp3) is 0.944. The van der Waals surface area contributed by atoms with Gasteiger partial charge in [0.15, 0.2) is 0 Å². The molecule has 0 heterocycles. The van der Waals surface area contributed by atoms with Crippen LogP contribution in [0.4, 0.5) is 4.79 Å². The highest BCUT2D eigenvalue weighted by Gasteiger charge is 2.26. The molecule has 0 spiro atoms. The molecule has 0 aliphatic heterocycles. The van der Waals surface area contributed by atoms with Gasteiger partial charge in [-0.05, 0) is 57.8 Å². The minimum atomic E-state index is -0.450. The molecule has 2 N–H and O–H groups in total. The Bertz CT molecular complexity index is 349. The topological polar surface area (TPSA) is 50.4 Å². The minimum Gasteiger partial charge on any atom is -0.444 e. The number of hydrogen-bond donors (Lipinski definition) is 2. The maximum absolute atomic E-state index is 12.0. The van der Waals surface area contributed by atoms with E-state index in [0.29, 0.717) is 12.0 Å². The predicted molar refractivity (Wildman–Crippen MR) is 92.0 cm³/mol. The number of alkyl carbamates (subject to hydrolysis) is 1. The highest BCUT2D eigenvalue weighted by Crippen LogP contribution is 2.29. The van der Waals surface area contributed by atoms with E-state index in [4.69, 9.17) is 4.74 Å². The molecule has 4 unspecified atom stereocenters. The number of ether oxygens (including phenoxy) is 1. The van der Waals surface area contributed by atoms with Gasteiger partial charge in [-0.2, -0.15) is 0 Å². The molecule has 0 radical (unpaired) electrons. The van der Waals surface area contributed by atoms with Crippen molar-refractivity contribution < 1.29 is 9.53 Å². The Balaban J connectivity index is 2.43. The van der Waals surface area contributed by atoms with Crippen LogP contribution in [0.15, 0.2) is 0 Å². The lowest BCUT2D eigenvalue weighted by Crippen LogP contribution is -2.49. The summed E-state index contributed by atoms with van der Waals surface area (Å²) in [5.41, 5.74) is -0.450. The monoisotopic (exact) mass is 312 g/mol. The third-order valence-electron chi connectivity index (χ3n) is 4.73. The number of nitrogens with one attached hydrogen (secondary N) is 2. The number of carbonyl (C=O) groups is 1. The Labute approximate surface area is 136 Å². The lowest BCUT2D eigenvalue weighted by Gasteiger charge is -2.34. The van der Waals surface area contributed by atoms with Crippen molar-refractivity contribution in [1.29, 1.82) is 0 Å². The van der Waals surface area contributed by atoms with Crippen LogP contribution in [0.1, 0.15) is 67.7 Å². The quantitative estimate of drug-likeness (QED) is 0.808. The average molecular weight is 312 g/mol. The van der Waals surface area contributed by atoms with Crippen LogP contribution in [0, 0.1) is 17.8 Å². The van der Waals surface area contributed by atoms with Gasteiger partial charge in [0.05, 0.1) is 0 Å². The number of hydrogen-bond acceptors (Lipinski definition) is 3. The maximum Gasteiger partial charge on any atom is 0.407 e. The van der Waals surface area contributed by atoms with Crippen LogP contribution in [0.25, 0.3) is 0 Å². The summed E-state index contributed by atoms with van der Waals surface area (Å²) in [5, 5.41) is 6.66. The zero-order valence-corrected chi connectivity index (χ0v) is 15.5. The van der Waals surface area contributed by atoms with Gasteiger partial charge >= 0.3 is 6.09 Å². The van der Waals surface area contributed by atoms with Gasteiger partial charge in [-0.1, -0.05) is 27.7 Å². The average Bonchev–Trinajstić information content (AvgIpc) is 2.36. The van der Waals surface area contributed by atoms with Crippen molar-refractivity contribution in [2.75, 3.05) is 6.54 Å². The predicted octanol–water partition coefficient (Wildman–Crippen LogP) is 3.95. The van der Waals surface area contributed by atoms with Gasteiger partial charge < -0.3 is 15.4 Å². The Morgan fingerprint density at radius 1 is 1.18 bits per heavy atom. The summed E-state index contributed by atoms with van der Waals surface area (Å²) in [6, 6.07) is 0.678. The first kappa shape index (κ1) is 19.3. The lowest BCUT2D eigenvalue weighted by atomic mass is 9.79. The van der Waals surface area contributed by atoms with Crippen LogP contribution in [0.3, 0.4) is 0 Å². The van der Waals surface area contributed by atoms with Crippen LogP contribution in [-0.4, -0.2) is 30.3 Å². The molecule has 22 heavy (non-hydrogen) atoms. The molecular weight excluding hydrogens is 276 g/mol. The molecule has 1 amide bonds. The van der Waals surface area contributed by atoms with Gasteiger partial charge in [0.25, 0.3) is 0 Å². The van der Waals surface area contributed by atoms with Crippen molar-refractivity contribution in [3.05, 3.63) is 0 Å². The molecule has 4 atom stereocenters. The molecule has 1 fully saturated rings. The molecule has 0 saturated heterocycles. The molecule has 0 aromatic carbocycles. The van der Waals surface area contributed by atoms with Crippen LogP contribution in [0.2, 0.25) is 0 Å². The van der Waals surface area contributed by atoms with Gasteiger partial charge in [0, 0.05) is 18.6 Å². The normalized spacial score (nSPS) is 27.5. The first-order valence-electron chi connectivity index (χ1n) is 8.81. The molecule has 1 rings (SSSR count). The van der Waals surface area contributed by atoms with Gasteiger partial charge in [-0.25, -0.2) is 4.79 Å². The third-order valence-corrected chi connectivity index (χ3v) is 4.73. The number of rotatable bonds is 5. The molecule has 130 valence electrons. The molecule has 4 nitrogen and oxygen atoms in total. The zero-order valence-electron chi connectivity index (χ0n) is 15.5. The Hall–Kier alpha value is -0.770. The smallest absolute Gasteiger partial charge is 0.407 e. The van der Waals surface area contributed by atoms with E-state index in [-0.39, 0.29) is 12.1 Å². The van der Waals surface area contributed by atoms with Gasteiger partial charge in [0.1, 0.15) is 5.60 Å². The molecule has 0 aromatic rings. The van der Waals surface area contributed by atoms with Crippen molar-refractivity contribution in [3.8, 4) is 0 Å². The fourth-order valence-corrected chi connectivity index (χ4v) is 2.94. The second-order valence-electron chi connectivity index (χ2n) is 8.37. The second-order valence-corrected chi connectivity index (χ2v) is 8.37. The number of amides is 1. The van der Waals surface area contributed by atoms with Crippen molar-refractivity contribution >= 4 is 6.09 Å². The van der Waals surface area contributed by atoms with Crippen LogP contribution in [-0.2, 0) is 4.74 Å². The SMILES string of the molecule is CC(C)C(CNC1CCC(C)C(C)C1)NC(=O)OC(C)(C)C. The highest BCUT2D eigenvalue weighted by molar-refractivity contribution is 5.68. The van der Waals surface area contributed by atoms with Gasteiger partial charge in [-0.15, -0.1) is 0 Å². The maximum atomic E-state index is 12.0. The van der Waals surface area contributed by atoms with E-state index < -0.39 is 5.60 Å². The summed E-state index contributed by atoms with van der Waals surface area (Å²) in [5.74, 6) is 1.99. The van der Waals surface area contributed by atoms with Crippen LogP contribution < -0.4 is 10.6 Å². The van der Waals surface area contributed by atoms with Crippen LogP contribution >= 0.6 is 0 Å². The standard InChI is InChI=1S/C18H36N2O2/c1-12(2)16(20-17(21)22-18(5,6)7)11-19-15-9-8-13(3)14(4)10-15/h12-16,19H,8-11H2,1-7H3,(H,20,21). The van der Waals surface area contributed by atoms with Gasteiger partial charge in [0.2, 0.25) is 0 Å². The summed E-state index contributed by atoms with van der Waals surface area (Å²) in [7, 11) is 0. The summed E-state index contributed by atoms with van der Waals surface area (Å²) >= 11 is 0. The van der Waals surface area contributed by atoms with E-state index in [9.17, 15) is 4.79 Å². The molecule has 0 aromatic heterocycles. The summed E-state index contributed by atoms with van der Waals surface area (Å²) in [6.07, 6.45) is 3.45. The van der Waals surface area contributed by atoms with E-state index >= 15 is 0 Å². The summed E-state index contributed by atoms with van der Waals surface area (Å²) < 4.78 is 5.36. The number of carbonyl (C=O) groups excluding carboxylic acids is 1. The summed E-state index contributed by atoms with van der Waals surface area (Å²) in [6.45, 7) is 15.4. The van der Waals surface area contributed by atoms with E-state index in [1.165, 1.54) is 19.3 Å². The second kappa shape index (κ2) is 8.19. The third kappa shape index (κ3) is 6.99. The Morgan fingerprint density at radius 2 is 1.82 bits per heavy atom. The fourth-order valence-electron chi connectivity index (χ4n) is 2.94. The van der Waals surface area contributed by atoms with E-state index in [0.717, 1.165) is 18.4 Å². The summed E-state index contributed by atoms with van der Waals surface area (Å²) in [4.78, 5) is 12.0. The molecule has 1 aliphatic carbocycles. The first-order chi connectivity index (χ1) is 10.1. The molecule has 1 saturated carbocycles. The minimum absolute atomic E-state index is 0.101. The Kier molecular flexibility index (Phi) is 7.17. The zero-order chi connectivity index (χ0) is 16.9. The lowest BCUT2D eigenvalue weighted by molar-refractivity contribution is 0.0488. The molecule has 1 aliphatic rings. The van der Waals surface area contributed by atoms with Crippen LogP contribution in [0.5, 0.6) is 0 Å². The van der Waals surface area contributed by atoms with E-state index in [1.54, 1.807) is 0 Å². The van der Waals surface area contributed by atoms with E-state index in [2.05, 4.69) is 38.3 Å². The molecule has 4 heteroatoms. The molecule has 0 bridgehead atoms. The van der Waals surface area contributed by atoms with Crippen molar-refractivity contribution in [1.82, 2.24) is 10.6 Å². The Morgan fingerprint density at radius 3 is 2.32 bits per heavy atom. The van der Waals surface area contributed by atoms with Gasteiger partial charge in [-0.3, -0.25) is 0 Å². The highest BCUT2D eigenvalue weighted by atomic mass is 16.6. The molecular formula is C18H36N2O2. The van der Waals surface area contributed by atoms with Crippen molar-refractivity contribution in [3.63, 3.8) is 0 Å². The largest absolute Gasteiger partial charge is 0.444 e. The van der Waals surface area contributed by atoms with E-state index in [1.807, 2.05) is 20.8 Å². The first-order valence-corrected chi connectivity index (χ1v) is 8.81. The van der Waals surface area contributed by atoms with Crippen molar-refractivity contribution in [2.45, 2.75) is 85.4 Å². The van der Waals surface area contributed by atoms with Crippen molar-refractivity contribution in [2.24, 2.45) is 17.8 Å².